The lowest BCUT2D eigenvalue weighted by atomic mass is 10.2. The minimum atomic E-state index is -0.244. The fourth-order valence-corrected chi connectivity index (χ4v) is 4.13. The molecule has 1 aromatic heterocycles. The number of para-hydroxylation sites is 1. The smallest absolute Gasteiger partial charge is 0.262 e. The second kappa shape index (κ2) is 8.67. The molecule has 0 bridgehead atoms. The van der Waals surface area contributed by atoms with Crippen molar-refractivity contribution in [3.8, 4) is 5.75 Å². The molecule has 0 unspecified atom stereocenters. The number of carbonyl (C=O) groups is 1. The number of ether oxygens (including phenoxy) is 1. The monoisotopic (exact) mass is 411 g/mol. The van der Waals surface area contributed by atoms with Crippen LogP contribution < -0.4 is 10.9 Å². The molecule has 0 spiro atoms. The number of thioether (sulfide) groups is 1. The minimum absolute atomic E-state index is 0.0175. The van der Waals surface area contributed by atoms with E-state index in [0.29, 0.717) is 34.9 Å². The van der Waals surface area contributed by atoms with Crippen LogP contribution in [0.3, 0.4) is 0 Å². The first kappa shape index (κ1) is 19.5. The topological polar surface area (TPSA) is 93.5 Å². The molecule has 7 nitrogen and oxygen atoms in total. The molecule has 3 aromatic rings. The Morgan fingerprint density at radius 3 is 2.93 bits per heavy atom. The molecule has 1 atom stereocenters. The summed E-state index contributed by atoms with van der Waals surface area (Å²) in [6.45, 7) is 1.13. The zero-order valence-corrected chi connectivity index (χ0v) is 16.5. The highest BCUT2D eigenvalue weighted by Gasteiger charge is 2.20. The molecule has 2 aromatic carbocycles. The molecule has 0 saturated carbocycles. The Balaban J connectivity index is 1.56. The van der Waals surface area contributed by atoms with Crippen molar-refractivity contribution in [1.82, 2.24) is 9.55 Å². The number of aromatic hydroxyl groups is 1. The van der Waals surface area contributed by atoms with Gasteiger partial charge in [-0.3, -0.25) is 14.2 Å². The lowest BCUT2D eigenvalue weighted by Crippen LogP contribution is -2.29. The number of fused-ring (bicyclic) bond motifs is 1. The van der Waals surface area contributed by atoms with Crippen molar-refractivity contribution >= 4 is 34.3 Å². The van der Waals surface area contributed by atoms with Crippen LogP contribution in [-0.4, -0.2) is 39.0 Å². The number of phenols is 1. The number of phenolic OH excluding ortho intramolecular Hbond substituents is 1. The van der Waals surface area contributed by atoms with Crippen LogP contribution in [0.15, 0.2) is 58.5 Å². The molecule has 0 aliphatic carbocycles. The van der Waals surface area contributed by atoms with E-state index in [0.717, 1.165) is 12.8 Å². The Bertz CT molecular complexity index is 1090. The maximum atomic E-state index is 13.0. The number of rotatable bonds is 6. The molecule has 150 valence electrons. The first-order valence-electron chi connectivity index (χ1n) is 9.43. The van der Waals surface area contributed by atoms with E-state index < -0.39 is 0 Å². The number of nitrogens with one attached hydrogen (secondary N) is 1. The van der Waals surface area contributed by atoms with E-state index in [-0.39, 0.29) is 29.1 Å². The molecule has 1 fully saturated rings. The van der Waals surface area contributed by atoms with Gasteiger partial charge in [0.2, 0.25) is 5.91 Å². The van der Waals surface area contributed by atoms with Gasteiger partial charge in [-0.15, -0.1) is 0 Å². The molecule has 29 heavy (non-hydrogen) atoms. The second-order valence-electron chi connectivity index (χ2n) is 6.85. The molecule has 8 heteroatoms. The van der Waals surface area contributed by atoms with Crippen molar-refractivity contribution in [3.05, 3.63) is 58.9 Å². The number of nitrogens with zero attached hydrogens (tertiary/aromatic N) is 2. The molecule has 1 aliphatic heterocycles. The highest BCUT2D eigenvalue weighted by Crippen LogP contribution is 2.22. The Hall–Kier alpha value is -2.84. The summed E-state index contributed by atoms with van der Waals surface area (Å²) in [4.78, 5) is 30.0. The van der Waals surface area contributed by atoms with Gasteiger partial charge in [0, 0.05) is 18.4 Å². The Labute approximate surface area is 171 Å². The number of carbonyl (C=O) groups excluding carboxylic acids is 1. The molecular weight excluding hydrogens is 390 g/mol. The van der Waals surface area contributed by atoms with Crippen molar-refractivity contribution in [2.24, 2.45) is 0 Å². The van der Waals surface area contributed by atoms with Gasteiger partial charge in [0.25, 0.3) is 5.56 Å². The van der Waals surface area contributed by atoms with Crippen LogP contribution in [0, 0.1) is 0 Å². The lowest BCUT2D eigenvalue weighted by Gasteiger charge is -2.16. The molecule has 1 aliphatic rings. The van der Waals surface area contributed by atoms with Crippen molar-refractivity contribution in [2.45, 2.75) is 30.6 Å². The predicted molar refractivity (Wildman–Crippen MR) is 112 cm³/mol. The summed E-state index contributed by atoms with van der Waals surface area (Å²) in [5.41, 5.74) is 0.998. The number of aromatic nitrogens is 2. The summed E-state index contributed by atoms with van der Waals surface area (Å²) in [6.07, 6.45) is 1.87. The maximum Gasteiger partial charge on any atom is 0.262 e. The van der Waals surface area contributed by atoms with Crippen molar-refractivity contribution < 1.29 is 14.6 Å². The first-order valence-corrected chi connectivity index (χ1v) is 10.4. The van der Waals surface area contributed by atoms with Crippen LogP contribution in [-0.2, 0) is 16.1 Å². The van der Waals surface area contributed by atoms with Crippen LogP contribution >= 0.6 is 11.8 Å². The average molecular weight is 411 g/mol. The van der Waals surface area contributed by atoms with Gasteiger partial charge >= 0.3 is 0 Å². The lowest BCUT2D eigenvalue weighted by molar-refractivity contribution is -0.113. The van der Waals surface area contributed by atoms with Gasteiger partial charge in [0.15, 0.2) is 5.16 Å². The SMILES string of the molecule is O=C(CSc1nc2ccccc2c(=O)n1C[C@@H]1CCCO1)Nc1cccc(O)c1. The van der Waals surface area contributed by atoms with Gasteiger partial charge in [0.05, 0.1) is 29.3 Å². The fraction of sp³-hybridized carbons (Fsp3) is 0.286. The zero-order chi connectivity index (χ0) is 20.2. The largest absolute Gasteiger partial charge is 0.508 e. The normalized spacial score (nSPS) is 16.2. The Kier molecular flexibility index (Phi) is 5.82. The van der Waals surface area contributed by atoms with E-state index in [1.54, 1.807) is 28.8 Å². The zero-order valence-electron chi connectivity index (χ0n) is 15.7. The van der Waals surface area contributed by atoms with E-state index in [9.17, 15) is 14.7 Å². The quantitative estimate of drug-likeness (QED) is 0.478. The number of anilines is 1. The third-order valence-electron chi connectivity index (χ3n) is 4.70. The Morgan fingerprint density at radius 2 is 2.14 bits per heavy atom. The summed E-state index contributed by atoms with van der Waals surface area (Å²) >= 11 is 1.21. The third-order valence-corrected chi connectivity index (χ3v) is 5.68. The van der Waals surface area contributed by atoms with Gasteiger partial charge in [-0.2, -0.15) is 0 Å². The maximum absolute atomic E-state index is 13.0. The van der Waals surface area contributed by atoms with Gasteiger partial charge < -0.3 is 15.2 Å². The Morgan fingerprint density at radius 1 is 1.28 bits per heavy atom. The minimum Gasteiger partial charge on any atom is -0.508 e. The van der Waals surface area contributed by atoms with Gasteiger partial charge in [0.1, 0.15) is 5.75 Å². The number of amides is 1. The summed E-state index contributed by atoms with van der Waals surface area (Å²) in [5, 5.41) is 13.3. The first-order chi connectivity index (χ1) is 14.1. The van der Waals surface area contributed by atoms with Gasteiger partial charge in [-0.05, 0) is 37.1 Å². The number of hydrogen-bond donors (Lipinski definition) is 2. The molecule has 2 N–H and O–H groups in total. The van der Waals surface area contributed by atoms with Crippen molar-refractivity contribution in [3.63, 3.8) is 0 Å². The summed E-state index contributed by atoms with van der Waals surface area (Å²) in [6, 6.07) is 13.6. The third kappa shape index (κ3) is 4.60. The number of hydrogen-bond acceptors (Lipinski definition) is 6. The number of benzene rings is 2. The van der Waals surface area contributed by atoms with E-state index >= 15 is 0 Å². The van der Waals surface area contributed by atoms with E-state index in [2.05, 4.69) is 10.3 Å². The fourth-order valence-electron chi connectivity index (χ4n) is 3.32. The van der Waals surface area contributed by atoms with Gasteiger partial charge in [-0.25, -0.2) is 4.98 Å². The van der Waals surface area contributed by atoms with Gasteiger partial charge in [-0.1, -0.05) is 30.0 Å². The molecule has 1 saturated heterocycles. The van der Waals surface area contributed by atoms with Crippen molar-refractivity contribution in [1.29, 1.82) is 0 Å². The molecule has 2 heterocycles. The summed E-state index contributed by atoms with van der Waals surface area (Å²) < 4.78 is 7.31. The van der Waals surface area contributed by atoms with Crippen LogP contribution in [0.2, 0.25) is 0 Å². The average Bonchev–Trinajstić information content (AvgIpc) is 3.22. The van der Waals surface area contributed by atoms with Crippen molar-refractivity contribution in [2.75, 3.05) is 17.7 Å². The van der Waals surface area contributed by atoms with Crippen LogP contribution in [0.1, 0.15) is 12.8 Å². The predicted octanol–water partition coefficient (Wildman–Crippen LogP) is 3.01. The molecule has 0 radical (unpaired) electrons. The standard InChI is InChI=1S/C21H21N3O4S/c25-15-6-3-5-14(11-15)22-19(26)13-29-21-23-18-9-2-1-8-17(18)20(27)24(21)12-16-7-4-10-28-16/h1-3,5-6,8-9,11,16,25H,4,7,10,12-13H2,(H,22,26)/t16-/m0/s1. The molecule has 4 rings (SSSR count). The van der Waals surface area contributed by atoms with Crippen LogP contribution in [0.4, 0.5) is 5.69 Å². The summed E-state index contributed by atoms with van der Waals surface area (Å²) in [7, 11) is 0. The molecular formula is C21H21N3O4S. The van der Waals surface area contributed by atoms with E-state index in [1.165, 1.54) is 23.9 Å². The molecule has 1 amide bonds. The summed E-state index contributed by atoms with van der Waals surface area (Å²) in [5.74, 6) is -0.0740. The van der Waals surface area contributed by atoms with Crippen LogP contribution in [0.5, 0.6) is 5.75 Å². The second-order valence-corrected chi connectivity index (χ2v) is 7.79. The van der Waals surface area contributed by atoms with E-state index in [4.69, 9.17) is 4.74 Å². The van der Waals surface area contributed by atoms with Crippen LogP contribution in [0.25, 0.3) is 10.9 Å². The highest BCUT2D eigenvalue weighted by molar-refractivity contribution is 7.99. The highest BCUT2D eigenvalue weighted by atomic mass is 32.2. The van der Waals surface area contributed by atoms with E-state index in [1.807, 2.05) is 12.1 Å².